The fourth-order valence-electron chi connectivity index (χ4n) is 2.71. The predicted molar refractivity (Wildman–Crippen MR) is 97.3 cm³/mol. The van der Waals surface area contributed by atoms with Gasteiger partial charge < -0.3 is 4.74 Å². The van der Waals surface area contributed by atoms with Crippen molar-refractivity contribution in [3.63, 3.8) is 0 Å². The first-order valence-electron chi connectivity index (χ1n) is 8.43. The number of nitrogens with zero attached hydrogens (tertiary/aromatic N) is 1. The van der Waals surface area contributed by atoms with Crippen molar-refractivity contribution in [1.29, 1.82) is 0 Å². The van der Waals surface area contributed by atoms with Gasteiger partial charge in [-0.15, -0.1) is 0 Å². The van der Waals surface area contributed by atoms with Gasteiger partial charge in [0.05, 0.1) is 13.2 Å². The number of benzene rings is 2. The minimum Gasteiger partial charge on any atom is -0.362 e. The summed E-state index contributed by atoms with van der Waals surface area (Å²) in [5.74, 6) is 0.141. The Bertz CT molecular complexity index is 721. The van der Waals surface area contributed by atoms with Gasteiger partial charge in [0.1, 0.15) is 0 Å². The summed E-state index contributed by atoms with van der Waals surface area (Å²) in [4.78, 5) is 27.6. The molecular formula is C21H23NO3. The van der Waals surface area contributed by atoms with E-state index < -0.39 is 5.60 Å². The Morgan fingerprint density at radius 2 is 1.68 bits per heavy atom. The van der Waals surface area contributed by atoms with Gasteiger partial charge in [-0.2, -0.15) is 0 Å². The third-order valence-corrected chi connectivity index (χ3v) is 3.95. The zero-order chi connectivity index (χ0) is 18.1. The highest BCUT2D eigenvalue weighted by atomic mass is 16.5. The summed E-state index contributed by atoms with van der Waals surface area (Å²) in [5.41, 5.74) is 0.170. The highest BCUT2D eigenvalue weighted by Crippen LogP contribution is 2.34. The minimum atomic E-state index is -1.17. The third-order valence-electron chi connectivity index (χ3n) is 3.95. The van der Waals surface area contributed by atoms with E-state index in [4.69, 9.17) is 4.74 Å². The van der Waals surface area contributed by atoms with Crippen molar-refractivity contribution >= 4 is 11.9 Å². The van der Waals surface area contributed by atoms with Crippen LogP contribution in [0.2, 0.25) is 0 Å². The first-order chi connectivity index (χ1) is 12.1. The Hall–Kier alpha value is -2.55. The molecule has 1 atom stereocenters. The van der Waals surface area contributed by atoms with Crippen LogP contribution in [-0.2, 0) is 15.1 Å². The molecule has 2 rings (SSSR count). The molecule has 4 nitrogen and oxygen atoms in total. The summed E-state index contributed by atoms with van der Waals surface area (Å²) >= 11 is 0. The molecule has 0 radical (unpaired) electrons. The average molecular weight is 337 g/mol. The lowest BCUT2D eigenvalue weighted by Crippen LogP contribution is -2.40. The van der Waals surface area contributed by atoms with Crippen molar-refractivity contribution in [2.45, 2.75) is 25.9 Å². The highest BCUT2D eigenvalue weighted by Gasteiger charge is 2.41. The van der Waals surface area contributed by atoms with Crippen LogP contribution in [0.25, 0.3) is 0 Å². The van der Waals surface area contributed by atoms with E-state index in [1.165, 1.54) is 0 Å². The quantitative estimate of drug-likeness (QED) is 0.392. The van der Waals surface area contributed by atoms with Gasteiger partial charge in [-0.3, -0.25) is 4.79 Å². The van der Waals surface area contributed by atoms with Crippen molar-refractivity contribution < 1.29 is 14.3 Å². The Morgan fingerprint density at radius 3 is 2.24 bits per heavy atom. The number of ether oxygens (including phenoxy) is 1. The molecule has 0 bridgehead atoms. The van der Waals surface area contributed by atoms with Crippen molar-refractivity contribution in [1.82, 2.24) is 0 Å². The van der Waals surface area contributed by atoms with Crippen LogP contribution in [0.5, 0.6) is 0 Å². The fraction of sp³-hybridized carbons (Fsp3) is 0.333. The van der Waals surface area contributed by atoms with Crippen LogP contribution in [-0.4, -0.2) is 25.0 Å². The van der Waals surface area contributed by atoms with E-state index in [1.807, 2.05) is 62.4 Å². The summed E-state index contributed by atoms with van der Waals surface area (Å²) in [6.07, 6.45) is 1.83. The largest absolute Gasteiger partial charge is 0.362 e. The number of isocyanates is 1. The van der Waals surface area contributed by atoms with Crippen LogP contribution in [0, 0.1) is 5.92 Å². The van der Waals surface area contributed by atoms with Gasteiger partial charge in [-0.05, 0) is 11.5 Å². The van der Waals surface area contributed by atoms with E-state index in [0.717, 1.165) is 5.56 Å². The highest BCUT2D eigenvalue weighted by molar-refractivity contribution is 6.03. The van der Waals surface area contributed by atoms with Crippen LogP contribution < -0.4 is 0 Å². The van der Waals surface area contributed by atoms with Crippen molar-refractivity contribution in [3.05, 3.63) is 71.8 Å². The molecule has 0 heterocycles. The second-order valence-electron chi connectivity index (χ2n) is 6.32. The van der Waals surface area contributed by atoms with Gasteiger partial charge in [0, 0.05) is 12.0 Å². The van der Waals surface area contributed by atoms with E-state index in [9.17, 15) is 9.59 Å². The number of hydrogen-bond donors (Lipinski definition) is 0. The minimum absolute atomic E-state index is 0.124. The van der Waals surface area contributed by atoms with E-state index in [0.29, 0.717) is 12.2 Å². The first kappa shape index (κ1) is 18.8. The molecule has 0 saturated carbocycles. The lowest BCUT2D eigenvalue weighted by molar-refractivity contribution is -0.0434. The second-order valence-corrected chi connectivity index (χ2v) is 6.32. The summed E-state index contributed by atoms with van der Waals surface area (Å²) in [5, 5.41) is 0. The third kappa shape index (κ3) is 4.72. The molecule has 0 saturated heterocycles. The number of carbonyl (C=O) groups is 1. The standard InChI is InChI=1S/C21H23NO3/c1-17(2)15-25-21(13-14-22-16-23,19-11-7-4-8-12-19)20(24)18-9-5-3-6-10-18/h3-12,17H,13-15H2,1-2H3. The van der Waals surface area contributed by atoms with Gasteiger partial charge in [-0.1, -0.05) is 74.5 Å². The second kappa shape index (κ2) is 9.07. The fourth-order valence-corrected chi connectivity index (χ4v) is 2.71. The van der Waals surface area contributed by atoms with Gasteiger partial charge in [-0.25, -0.2) is 9.79 Å². The number of rotatable bonds is 9. The molecule has 0 fully saturated rings. The van der Waals surface area contributed by atoms with Crippen LogP contribution in [0.15, 0.2) is 65.7 Å². The molecule has 0 aliphatic rings. The number of aliphatic imine (C=N–C) groups is 1. The number of carbonyl (C=O) groups excluding carboxylic acids is 2. The summed E-state index contributed by atoms with van der Waals surface area (Å²) < 4.78 is 6.20. The monoisotopic (exact) mass is 337 g/mol. The maximum absolute atomic E-state index is 13.4. The maximum atomic E-state index is 13.4. The van der Waals surface area contributed by atoms with E-state index in [2.05, 4.69) is 4.99 Å². The first-order valence-corrected chi connectivity index (χ1v) is 8.43. The molecule has 2 aromatic rings. The van der Waals surface area contributed by atoms with E-state index in [1.54, 1.807) is 18.2 Å². The van der Waals surface area contributed by atoms with Crippen molar-refractivity contribution in [2.24, 2.45) is 10.9 Å². The van der Waals surface area contributed by atoms with E-state index in [-0.39, 0.29) is 24.7 Å². The molecular weight excluding hydrogens is 314 g/mol. The van der Waals surface area contributed by atoms with Gasteiger partial charge in [0.25, 0.3) is 0 Å². The molecule has 1 unspecified atom stereocenters. The van der Waals surface area contributed by atoms with Gasteiger partial charge in [0.15, 0.2) is 11.4 Å². The van der Waals surface area contributed by atoms with Crippen molar-refractivity contribution in [3.8, 4) is 0 Å². The van der Waals surface area contributed by atoms with Gasteiger partial charge in [0.2, 0.25) is 6.08 Å². The van der Waals surface area contributed by atoms with Crippen molar-refractivity contribution in [2.75, 3.05) is 13.2 Å². The zero-order valence-corrected chi connectivity index (χ0v) is 14.6. The number of Topliss-reactive ketones (excluding diaryl/α,β-unsaturated/α-hetero) is 1. The Labute approximate surface area is 148 Å². The molecule has 0 aliphatic carbocycles. The summed E-state index contributed by atoms with van der Waals surface area (Å²) in [6, 6.07) is 18.5. The molecule has 0 N–H and O–H groups in total. The SMILES string of the molecule is CC(C)COC(CCN=C=O)(C(=O)c1ccccc1)c1ccccc1. The summed E-state index contributed by atoms with van der Waals surface area (Å²) in [6.45, 7) is 4.67. The Kier molecular flexibility index (Phi) is 6.81. The molecule has 0 aromatic heterocycles. The predicted octanol–water partition coefficient (Wildman–Crippen LogP) is 4.16. The normalized spacial score (nSPS) is 13.1. The average Bonchev–Trinajstić information content (AvgIpc) is 2.65. The Morgan fingerprint density at radius 1 is 1.08 bits per heavy atom. The van der Waals surface area contributed by atoms with E-state index >= 15 is 0 Å². The lowest BCUT2D eigenvalue weighted by atomic mass is 9.82. The Balaban J connectivity index is 2.52. The van der Waals surface area contributed by atoms with Crippen LogP contribution >= 0.6 is 0 Å². The smallest absolute Gasteiger partial charge is 0.234 e. The molecule has 25 heavy (non-hydrogen) atoms. The molecule has 2 aromatic carbocycles. The van der Waals surface area contributed by atoms with Gasteiger partial charge >= 0.3 is 0 Å². The van der Waals surface area contributed by atoms with Crippen LogP contribution in [0.1, 0.15) is 36.2 Å². The molecule has 4 heteroatoms. The molecule has 0 amide bonds. The van der Waals surface area contributed by atoms with Crippen LogP contribution in [0.4, 0.5) is 0 Å². The molecule has 0 spiro atoms. The maximum Gasteiger partial charge on any atom is 0.234 e. The molecule has 0 aliphatic heterocycles. The lowest BCUT2D eigenvalue weighted by Gasteiger charge is -2.33. The number of ketones is 1. The topological polar surface area (TPSA) is 55.7 Å². The molecule has 130 valence electrons. The van der Waals surface area contributed by atoms with Crippen LogP contribution in [0.3, 0.4) is 0 Å². The summed E-state index contributed by atoms with van der Waals surface area (Å²) in [7, 11) is 0. The number of hydrogen-bond acceptors (Lipinski definition) is 4. The zero-order valence-electron chi connectivity index (χ0n) is 14.6.